The molecule has 3 aromatic carbocycles. The Bertz CT molecular complexity index is 916. The van der Waals surface area contributed by atoms with Gasteiger partial charge in [0.1, 0.15) is 0 Å². The molecule has 132 valence electrons. The molecule has 27 heavy (non-hydrogen) atoms. The number of benzene rings is 3. The molecule has 4 rings (SSSR count). The van der Waals surface area contributed by atoms with Gasteiger partial charge in [0.2, 0.25) is 21.1 Å². The minimum atomic E-state index is 1.09. The standard InChI is InChI=1S/C23H14Br3S/c24-19-7-1-15(2-8-19)18-13-22(16-3-9-20(25)10-4-16)27-23(14-18)17-5-11-21(26)12-6-17/h1-14H/q+1. The van der Waals surface area contributed by atoms with E-state index in [1.807, 2.05) is 11.3 Å². The summed E-state index contributed by atoms with van der Waals surface area (Å²) < 4.78 is 3.27. The first-order valence-corrected chi connectivity index (χ1v) is 11.5. The SMILES string of the molecule is Brc1ccc(-c2cc(-c3ccc(Br)cc3)[s+]c(-c3ccc(Br)cc3)c2)cc1. The smallest absolute Gasteiger partial charge is 0.0533 e. The number of hydrogen-bond donors (Lipinski definition) is 0. The molecule has 4 aromatic rings. The second-order valence-electron chi connectivity index (χ2n) is 6.10. The summed E-state index contributed by atoms with van der Waals surface area (Å²) in [7, 11) is 0. The summed E-state index contributed by atoms with van der Waals surface area (Å²) >= 11 is 12.4. The lowest BCUT2D eigenvalue weighted by Crippen LogP contribution is -1.83. The summed E-state index contributed by atoms with van der Waals surface area (Å²) in [5.41, 5.74) is 4.88. The van der Waals surface area contributed by atoms with Crippen LogP contribution in [0.15, 0.2) is 98.3 Å². The van der Waals surface area contributed by atoms with Gasteiger partial charge in [-0.05, 0) is 71.8 Å². The highest BCUT2D eigenvalue weighted by Gasteiger charge is 2.19. The molecule has 0 fully saturated rings. The van der Waals surface area contributed by atoms with Gasteiger partial charge in [0.15, 0.2) is 0 Å². The van der Waals surface area contributed by atoms with Gasteiger partial charge in [-0.2, -0.15) is 0 Å². The Morgan fingerprint density at radius 3 is 1.11 bits per heavy atom. The van der Waals surface area contributed by atoms with E-state index in [1.54, 1.807) is 0 Å². The van der Waals surface area contributed by atoms with Crippen LogP contribution in [-0.2, 0) is 0 Å². The maximum Gasteiger partial charge on any atom is 0.239 e. The molecule has 1 heterocycles. The normalized spacial score (nSPS) is 10.8. The second kappa shape index (κ2) is 8.36. The third-order valence-corrected chi connectivity index (χ3v) is 6.96. The van der Waals surface area contributed by atoms with Gasteiger partial charge in [-0.1, -0.05) is 59.9 Å². The van der Waals surface area contributed by atoms with Crippen LogP contribution in [0.25, 0.3) is 32.0 Å². The zero-order valence-corrected chi connectivity index (χ0v) is 19.7. The average Bonchev–Trinajstić information content (AvgIpc) is 2.69. The van der Waals surface area contributed by atoms with E-state index < -0.39 is 0 Å². The van der Waals surface area contributed by atoms with Gasteiger partial charge < -0.3 is 0 Å². The van der Waals surface area contributed by atoms with Crippen molar-refractivity contribution in [2.24, 2.45) is 0 Å². The molecule has 0 amide bonds. The highest BCUT2D eigenvalue weighted by molar-refractivity contribution is 9.11. The van der Waals surface area contributed by atoms with Gasteiger partial charge in [-0.3, -0.25) is 0 Å². The Labute approximate surface area is 188 Å². The Morgan fingerprint density at radius 1 is 0.407 bits per heavy atom. The molecule has 0 spiro atoms. The Hall–Kier alpha value is -1.33. The molecule has 0 aliphatic carbocycles. The lowest BCUT2D eigenvalue weighted by Gasteiger charge is -2.04. The zero-order valence-electron chi connectivity index (χ0n) is 14.1. The maximum atomic E-state index is 3.53. The van der Waals surface area contributed by atoms with Crippen LogP contribution >= 0.6 is 59.1 Å². The molecule has 0 saturated heterocycles. The number of rotatable bonds is 3. The van der Waals surface area contributed by atoms with Crippen LogP contribution in [0.3, 0.4) is 0 Å². The van der Waals surface area contributed by atoms with Crippen molar-refractivity contribution in [3.05, 3.63) is 98.3 Å². The maximum absolute atomic E-state index is 3.53. The summed E-state index contributed by atoms with van der Waals surface area (Å²) in [5, 5.41) is 0. The molecule has 0 aliphatic rings. The number of hydrogen-bond acceptors (Lipinski definition) is 0. The lowest BCUT2D eigenvalue weighted by atomic mass is 10.0. The monoisotopic (exact) mass is 559 g/mol. The molecule has 0 unspecified atom stereocenters. The van der Waals surface area contributed by atoms with E-state index in [4.69, 9.17) is 0 Å². The van der Waals surface area contributed by atoms with Gasteiger partial charge >= 0.3 is 0 Å². The van der Waals surface area contributed by atoms with Crippen LogP contribution in [0, 0.1) is 0 Å². The van der Waals surface area contributed by atoms with Crippen molar-refractivity contribution >= 4 is 59.1 Å². The Balaban J connectivity index is 1.89. The first kappa shape index (κ1) is 19.0. The van der Waals surface area contributed by atoms with E-state index >= 15 is 0 Å². The van der Waals surface area contributed by atoms with E-state index in [9.17, 15) is 0 Å². The van der Waals surface area contributed by atoms with Gasteiger partial charge in [0.05, 0.1) is 0 Å². The molecule has 0 saturated carbocycles. The molecule has 0 N–H and O–H groups in total. The van der Waals surface area contributed by atoms with Crippen molar-refractivity contribution in [1.29, 1.82) is 0 Å². The minimum absolute atomic E-state index is 1.09. The van der Waals surface area contributed by atoms with Gasteiger partial charge in [0, 0.05) is 36.7 Å². The molecule has 0 bridgehead atoms. The molecular formula is C23H14Br3S+. The predicted octanol–water partition coefficient (Wildman–Crippen LogP) is 9.32. The van der Waals surface area contributed by atoms with Crippen molar-refractivity contribution in [2.75, 3.05) is 0 Å². The highest BCUT2D eigenvalue weighted by atomic mass is 79.9. The van der Waals surface area contributed by atoms with Gasteiger partial charge in [-0.15, -0.1) is 0 Å². The first-order chi connectivity index (χ1) is 13.1. The molecule has 0 aliphatic heterocycles. The van der Waals surface area contributed by atoms with E-state index in [1.165, 1.54) is 32.0 Å². The van der Waals surface area contributed by atoms with Crippen LogP contribution in [0.2, 0.25) is 0 Å². The van der Waals surface area contributed by atoms with Crippen molar-refractivity contribution in [3.63, 3.8) is 0 Å². The Morgan fingerprint density at radius 2 is 0.741 bits per heavy atom. The predicted molar refractivity (Wildman–Crippen MR) is 128 cm³/mol. The van der Waals surface area contributed by atoms with Crippen LogP contribution < -0.4 is 0 Å². The topological polar surface area (TPSA) is 0 Å². The third kappa shape index (κ3) is 4.57. The fourth-order valence-corrected chi connectivity index (χ4v) is 4.73. The molecular weight excluding hydrogens is 548 g/mol. The molecule has 0 nitrogen and oxygen atoms in total. The third-order valence-electron chi connectivity index (χ3n) is 4.23. The van der Waals surface area contributed by atoms with Crippen molar-refractivity contribution in [2.45, 2.75) is 0 Å². The fraction of sp³-hybridized carbons (Fsp3) is 0. The van der Waals surface area contributed by atoms with E-state index in [-0.39, 0.29) is 0 Å². The Kier molecular flexibility index (Phi) is 5.88. The van der Waals surface area contributed by atoms with Crippen LogP contribution in [0.1, 0.15) is 0 Å². The number of halogens is 3. The fourth-order valence-electron chi connectivity index (χ4n) is 2.82. The summed E-state index contributed by atoms with van der Waals surface area (Å²) in [4.78, 5) is 2.50. The average molecular weight is 562 g/mol. The van der Waals surface area contributed by atoms with Crippen molar-refractivity contribution in [1.82, 2.24) is 0 Å². The summed E-state index contributed by atoms with van der Waals surface area (Å²) in [6.07, 6.45) is 0. The summed E-state index contributed by atoms with van der Waals surface area (Å²) in [6.45, 7) is 0. The molecule has 0 atom stereocenters. The molecule has 4 heteroatoms. The lowest BCUT2D eigenvalue weighted by molar-refractivity contribution is 1.59. The zero-order chi connectivity index (χ0) is 18.8. The second-order valence-corrected chi connectivity index (χ2v) is 9.93. The largest absolute Gasteiger partial charge is 0.239 e. The van der Waals surface area contributed by atoms with Crippen LogP contribution in [0.4, 0.5) is 0 Å². The summed E-state index contributed by atoms with van der Waals surface area (Å²) in [5.74, 6) is 0. The van der Waals surface area contributed by atoms with Crippen LogP contribution in [0.5, 0.6) is 0 Å². The molecule has 1 aromatic heterocycles. The molecule has 0 radical (unpaired) electrons. The van der Waals surface area contributed by atoms with Crippen molar-refractivity contribution < 1.29 is 0 Å². The van der Waals surface area contributed by atoms with Gasteiger partial charge in [0.25, 0.3) is 0 Å². The summed E-state index contributed by atoms with van der Waals surface area (Å²) in [6, 6.07) is 30.0. The van der Waals surface area contributed by atoms with Crippen molar-refractivity contribution in [3.8, 4) is 32.0 Å². The van der Waals surface area contributed by atoms with E-state index in [0.29, 0.717) is 0 Å². The minimum Gasteiger partial charge on any atom is -0.0533 e. The van der Waals surface area contributed by atoms with E-state index in [2.05, 4.69) is 133 Å². The first-order valence-electron chi connectivity index (χ1n) is 8.34. The van der Waals surface area contributed by atoms with Gasteiger partial charge in [-0.25, -0.2) is 0 Å². The quantitative estimate of drug-likeness (QED) is 0.219. The highest BCUT2D eigenvalue weighted by Crippen LogP contribution is 2.38. The van der Waals surface area contributed by atoms with E-state index in [0.717, 1.165) is 13.4 Å². The van der Waals surface area contributed by atoms with Crippen LogP contribution in [-0.4, -0.2) is 0 Å².